The highest BCUT2D eigenvalue weighted by Gasteiger charge is 2.07. The maximum Gasteiger partial charge on any atom is 0.271 e. The molecule has 0 spiro atoms. The van der Waals surface area contributed by atoms with E-state index in [0.29, 0.717) is 22.9 Å². The molecular formula is C25H20ClN3O2. The van der Waals surface area contributed by atoms with Gasteiger partial charge in [-0.3, -0.25) is 9.78 Å². The van der Waals surface area contributed by atoms with Gasteiger partial charge in [-0.25, -0.2) is 5.43 Å². The number of ether oxygens (including phenoxy) is 1. The normalized spacial score (nSPS) is 11.4. The molecule has 154 valence electrons. The van der Waals surface area contributed by atoms with Crippen LogP contribution in [0, 0.1) is 0 Å². The SMILES string of the molecule is CC(=NNC(=O)c1ccc(COc2cccc3cccnc23)cc1)c1ccc(Cl)cc1. The number of carbonyl (C=O) groups excluding carboxylic acids is 1. The lowest BCUT2D eigenvalue weighted by atomic mass is 10.1. The first-order chi connectivity index (χ1) is 15.1. The van der Waals surface area contributed by atoms with Crippen LogP contribution in [0.3, 0.4) is 0 Å². The number of benzene rings is 3. The minimum absolute atomic E-state index is 0.279. The number of amides is 1. The first kappa shape index (κ1) is 20.6. The summed E-state index contributed by atoms with van der Waals surface area (Å²) >= 11 is 5.90. The molecule has 3 aromatic carbocycles. The van der Waals surface area contributed by atoms with Crippen molar-refractivity contribution in [3.63, 3.8) is 0 Å². The molecule has 0 aliphatic rings. The predicted octanol–water partition coefficient (Wildman–Crippen LogP) is 5.62. The van der Waals surface area contributed by atoms with Crippen LogP contribution in [0.2, 0.25) is 5.02 Å². The molecule has 0 bridgehead atoms. The minimum Gasteiger partial charge on any atom is -0.487 e. The Bertz CT molecular complexity index is 1230. The number of hydrogen-bond acceptors (Lipinski definition) is 4. The van der Waals surface area contributed by atoms with Gasteiger partial charge < -0.3 is 4.74 Å². The summed E-state index contributed by atoms with van der Waals surface area (Å²) in [6.45, 7) is 2.21. The summed E-state index contributed by atoms with van der Waals surface area (Å²) in [7, 11) is 0. The van der Waals surface area contributed by atoms with E-state index in [2.05, 4.69) is 15.5 Å². The van der Waals surface area contributed by atoms with Gasteiger partial charge in [0, 0.05) is 22.2 Å². The average Bonchev–Trinajstić information content (AvgIpc) is 2.81. The quantitative estimate of drug-likeness (QED) is 0.319. The lowest BCUT2D eigenvalue weighted by Crippen LogP contribution is -2.19. The zero-order valence-electron chi connectivity index (χ0n) is 16.9. The van der Waals surface area contributed by atoms with E-state index in [1.165, 1.54) is 0 Å². The molecule has 0 atom stereocenters. The van der Waals surface area contributed by atoms with Crippen LogP contribution in [0.4, 0.5) is 0 Å². The van der Waals surface area contributed by atoms with Gasteiger partial charge in [-0.05, 0) is 54.4 Å². The van der Waals surface area contributed by atoms with E-state index in [4.69, 9.17) is 16.3 Å². The van der Waals surface area contributed by atoms with Crippen LogP contribution in [0.25, 0.3) is 10.9 Å². The Hall–Kier alpha value is -3.70. The molecule has 0 aliphatic carbocycles. The Kier molecular flexibility index (Phi) is 6.24. The van der Waals surface area contributed by atoms with Crippen molar-refractivity contribution in [2.45, 2.75) is 13.5 Å². The van der Waals surface area contributed by atoms with E-state index in [0.717, 1.165) is 27.8 Å². The molecule has 1 aromatic heterocycles. The van der Waals surface area contributed by atoms with Crippen LogP contribution in [0.15, 0.2) is 90.2 Å². The molecule has 0 saturated heterocycles. The number of nitrogens with zero attached hydrogens (tertiary/aromatic N) is 2. The first-order valence-electron chi connectivity index (χ1n) is 9.76. The van der Waals surface area contributed by atoms with Gasteiger partial charge in [0.15, 0.2) is 0 Å². The molecule has 4 aromatic rings. The van der Waals surface area contributed by atoms with Crippen molar-refractivity contribution < 1.29 is 9.53 Å². The van der Waals surface area contributed by atoms with Gasteiger partial charge in [0.25, 0.3) is 5.91 Å². The van der Waals surface area contributed by atoms with E-state index >= 15 is 0 Å². The topological polar surface area (TPSA) is 63.6 Å². The third-order valence-electron chi connectivity index (χ3n) is 4.79. The van der Waals surface area contributed by atoms with Gasteiger partial charge >= 0.3 is 0 Å². The number of pyridine rings is 1. The lowest BCUT2D eigenvalue weighted by molar-refractivity contribution is 0.0955. The van der Waals surface area contributed by atoms with Crippen LogP contribution >= 0.6 is 11.6 Å². The second kappa shape index (κ2) is 9.41. The zero-order valence-corrected chi connectivity index (χ0v) is 17.6. The Labute approximate surface area is 185 Å². The first-order valence-corrected chi connectivity index (χ1v) is 10.1. The number of para-hydroxylation sites is 1. The lowest BCUT2D eigenvalue weighted by Gasteiger charge is -2.09. The maximum atomic E-state index is 12.4. The molecule has 0 fully saturated rings. The Morgan fingerprint density at radius 3 is 2.45 bits per heavy atom. The van der Waals surface area contributed by atoms with E-state index < -0.39 is 0 Å². The van der Waals surface area contributed by atoms with Crippen molar-refractivity contribution in [3.8, 4) is 5.75 Å². The van der Waals surface area contributed by atoms with E-state index in [1.54, 1.807) is 30.5 Å². The van der Waals surface area contributed by atoms with Gasteiger partial charge in [-0.1, -0.05) is 54.1 Å². The van der Waals surface area contributed by atoms with E-state index in [-0.39, 0.29) is 5.91 Å². The number of carbonyl (C=O) groups is 1. The van der Waals surface area contributed by atoms with Gasteiger partial charge in [-0.15, -0.1) is 0 Å². The molecule has 6 heteroatoms. The highest BCUT2D eigenvalue weighted by molar-refractivity contribution is 6.30. The predicted molar refractivity (Wildman–Crippen MR) is 124 cm³/mol. The second-order valence-corrected chi connectivity index (χ2v) is 7.40. The molecule has 1 N–H and O–H groups in total. The Morgan fingerprint density at radius 1 is 0.968 bits per heavy atom. The molecule has 31 heavy (non-hydrogen) atoms. The fraction of sp³-hybridized carbons (Fsp3) is 0.0800. The monoisotopic (exact) mass is 429 g/mol. The summed E-state index contributed by atoms with van der Waals surface area (Å²) in [4.78, 5) is 16.8. The van der Waals surface area contributed by atoms with Crippen molar-refractivity contribution in [3.05, 3.63) is 107 Å². The van der Waals surface area contributed by atoms with E-state index in [1.807, 2.05) is 61.5 Å². The average molecular weight is 430 g/mol. The number of nitrogens with one attached hydrogen (secondary N) is 1. The highest BCUT2D eigenvalue weighted by Crippen LogP contribution is 2.24. The summed E-state index contributed by atoms with van der Waals surface area (Å²) in [6.07, 6.45) is 1.75. The summed E-state index contributed by atoms with van der Waals surface area (Å²) in [5.74, 6) is 0.450. The number of fused-ring (bicyclic) bond motifs is 1. The summed E-state index contributed by atoms with van der Waals surface area (Å²) < 4.78 is 5.95. The Balaban J connectivity index is 1.38. The van der Waals surface area contributed by atoms with E-state index in [9.17, 15) is 4.79 Å². The summed E-state index contributed by atoms with van der Waals surface area (Å²) in [5, 5.41) is 5.85. The van der Waals surface area contributed by atoms with Crippen molar-refractivity contribution in [1.29, 1.82) is 0 Å². The largest absolute Gasteiger partial charge is 0.487 e. The van der Waals surface area contributed by atoms with Crippen molar-refractivity contribution in [1.82, 2.24) is 10.4 Å². The molecule has 0 radical (unpaired) electrons. The van der Waals surface area contributed by atoms with Crippen LogP contribution in [-0.2, 0) is 6.61 Å². The van der Waals surface area contributed by atoms with Gasteiger partial charge in [0.05, 0.1) is 5.71 Å². The summed E-state index contributed by atoms with van der Waals surface area (Å²) in [5.41, 5.74) is 6.46. The Morgan fingerprint density at radius 2 is 1.68 bits per heavy atom. The molecule has 4 rings (SSSR count). The highest BCUT2D eigenvalue weighted by atomic mass is 35.5. The smallest absolute Gasteiger partial charge is 0.271 e. The maximum absolute atomic E-state index is 12.4. The minimum atomic E-state index is -0.279. The second-order valence-electron chi connectivity index (χ2n) is 6.96. The summed E-state index contributed by atoms with van der Waals surface area (Å²) in [6, 6.07) is 24.3. The third-order valence-corrected chi connectivity index (χ3v) is 5.05. The van der Waals surface area contributed by atoms with Crippen molar-refractivity contribution >= 4 is 34.1 Å². The molecule has 0 aliphatic heterocycles. The zero-order chi connectivity index (χ0) is 21.6. The molecular weight excluding hydrogens is 410 g/mol. The molecule has 1 heterocycles. The number of hydrogen-bond donors (Lipinski definition) is 1. The fourth-order valence-electron chi connectivity index (χ4n) is 3.06. The fourth-order valence-corrected chi connectivity index (χ4v) is 3.19. The van der Waals surface area contributed by atoms with Crippen molar-refractivity contribution in [2.24, 2.45) is 5.10 Å². The van der Waals surface area contributed by atoms with Gasteiger partial charge in [0.2, 0.25) is 0 Å². The van der Waals surface area contributed by atoms with Crippen molar-refractivity contribution in [2.75, 3.05) is 0 Å². The molecule has 1 amide bonds. The number of halogens is 1. The van der Waals surface area contributed by atoms with Crippen LogP contribution in [0.5, 0.6) is 5.75 Å². The third kappa shape index (κ3) is 5.08. The number of hydrazone groups is 1. The van der Waals surface area contributed by atoms with Gasteiger partial charge in [-0.2, -0.15) is 5.10 Å². The van der Waals surface area contributed by atoms with Gasteiger partial charge in [0.1, 0.15) is 17.9 Å². The standard InChI is InChI=1S/C25H20ClN3O2/c1-17(19-11-13-22(26)14-12-19)28-29-25(30)21-9-7-18(8-10-21)16-31-23-6-2-4-20-5-3-15-27-24(20)23/h2-15H,16H2,1H3,(H,29,30). The van der Waals surface area contributed by atoms with Crippen LogP contribution < -0.4 is 10.2 Å². The molecule has 5 nitrogen and oxygen atoms in total. The molecule has 0 unspecified atom stereocenters. The van der Waals surface area contributed by atoms with Crippen LogP contribution in [-0.4, -0.2) is 16.6 Å². The molecule has 0 saturated carbocycles. The number of aromatic nitrogens is 1. The van der Waals surface area contributed by atoms with Crippen LogP contribution in [0.1, 0.15) is 28.4 Å². The number of rotatable bonds is 6.